The van der Waals surface area contributed by atoms with E-state index in [1.165, 1.54) is 82.0 Å². The first-order valence-corrected chi connectivity index (χ1v) is 7.18. The number of unbranched alkanes of at least 4 members (excludes halogenated alkanes) is 2. The van der Waals surface area contributed by atoms with Gasteiger partial charge in [-0.25, -0.2) is 0 Å². The lowest BCUT2D eigenvalue weighted by Gasteiger charge is -2.38. The number of hydrogen-bond acceptors (Lipinski definition) is 0. The lowest BCUT2D eigenvalue weighted by molar-refractivity contribution is -0.927. The average Bonchev–Trinajstić information content (AvgIpc) is 2.50. The van der Waals surface area contributed by atoms with Crippen LogP contribution in [0.15, 0.2) is 0 Å². The minimum absolute atomic E-state index is 0. The standard InChI is InChI=1S/C14H30N.HI/c1-3-5-11-15(12-6-4-2)13-9-7-8-10-14-15;/h3-14H2,1-2H3;1H/q+1;/p-1. The number of nitrogens with zero attached hydrogens (tertiary/aromatic N) is 1. The SMILES string of the molecule is CCCC[N+]1(CCCC)CCCCCC1.[I-]. The summed E-state index contributed by atoms with van der Waals surface area (Å²) in [4.78, 5) is 0. The van der Waals surface area contributed by atoms with Crippen LogP contribution < -0.4 is 24.0 Å². The highest BCUT2D eigenvalue weighted by molar-refractivity contribution is 4.54. The molecule has 0 unspecified atom stereocenters. The Morgan fingerprint density at radius 2 is 1.19 bits per heavy atom. The van der Waals surface area contributed by atoms with Crippen LogP contribution in [0.25, 0.3) is 0 Å². The van der Waals surface area contributed by atoms with Crippen molar-refractivity contribution < 1.29 is 28.5 Å². The van der Waals surface area contributed by atoms with Crippen LogP contribution in [0.2, 0.25) is 0 Å². The van der Waals surface area contributed by atoms with Crippen LogP contribution in [0, 0.1) is 0 Å². The van der Waals surface area contributed by atoms with Gasteiger partial charge in [0.1, 0.15) is 0 Å². The molecule has 0 aliphatic carbocycles. The molecule has 0 spiro atoms. The van der Waals surface area contributed by atoms with Crippen LogP contribution in [0.5, 0.6) is 0 Å². The molecule has 1 rings (SSSR count). The Balaban J connectivity index is 0.00000225. The molecule has 1 aliphatic heterocycles. The quantitative estimate of drug-likeness (QED) is 0.500. The van der Waals surface area contributed by atoms with Gasteiger partial charge in [-0.3, -0.25) is 0 Å². The van der Waals surface area contributed by atoms with E-state index in [4.69, 9.17) is 0 Å². The first kappa shape index (κ1) is 16.7. The molecule has 16 heavy (non-hydrogen) atoms. The molecule has 1 nitrogen and oxygen atoms in total. The van der Waals surface area contributed by atoms with Crippen LogP contribution in [0.3, 0.4) is 0 Å². The van der Waals surface area contributed by atoms with Crippen LogP contribution in [0.1, 0.15) is 65.2 Å². The fraction of sp³-hybridized carbons (Fsp3) is 1.00. The third-order valence-electron chi connectivity index (χ3n) is 3.99. The summed E-state index contributed by atoms with van der Waals surface area (Å²) in [6.45, 7) is 10.5. The lowest BCUT2D eigenvalue weighted by atomic mass is 10.2. The molecule has 0 aromatic rings. The molecule has 0 atom stereocenters. The van der Waals surface area contributed by atoms with E-state index in [1.54, 1.807) is 0 Å². The normalized spacial score (nSPS) is 19.9. The van der Waals surface area contributed by atoms with Gasteiger partial charge in [0.25, 0.3) is 0 Å². The molecular formula is C14H30IN. The number of quaternary nitrogens is 1. The second-order valence-electron chi connectivity index (χ2n) is 5.36. The van der Waals surface area contributed by atoms with E-state index in [2.05, 4.69) is 13.8 Å². The van der Waals surface area contributed by atoms with Crippen molar-refractivity contribution >= 4 is 0 Å². The summed E-state index contributed by atoms with van der Waals surface area (Å²) < 4.78 is 1.46. The molecule has 0 N–H and O–H groups in total. The minimum atomic E-state index is 0. The van der Waals surface area contributed by atoms with Crippen LogP contribution in [-0.4, -0.2) is 30.7 Å². The summed E-state index contributed by atoms with van der Waals surface area (Å²) >= 11 is 0. The molecule has 0 amide bonds. The van der Waals surface area contributed by atoms with Gasteiger partial charge >= 0.3 is 0 Å². The molecule has 0 radical (unpaired) electrons. The summed E-state index contributed by atoms with van der Waals surface area (Å²) in [6.07, 6.45) is 11.5. The van der Waals surface area contributed by atoms with Crippen molar-refractivity contribution in [2.24, 2.45) is 0 Å². The fourth-order valence-electron chi connectivity index (χ4n) is 2.91. The molecule has 1 heterocycles. The lowest BCUT2D eigenvalue weighted by Crippen LogP contribution is -3.00. The number of rotatable bonds is 6. The largest absolute Gasteiger partial charge is 1.00 e. The van der Waals surface area contributed by atoms with Gasteiger partial charge in [0.2, 0.25) is 0 Å². The zero-order valence-corrected chi connectivity index (χ0v) is 13.5. The van der Waals surface area contributed by atoms with Gasteiger partial charge in [0.15, 0.2) is 0 Å². The predicted molar refractivity (Wildman–Crippen MR) is 68.0 cm³/mol. The predicted octanol–water partition coefficient (Wildman–Crippen LogP) is 0.981. The van der Waals surface area contributed by atoms with Crippen molar-refractivity contribution in [3.63, 3.8) is 0 Å². The summed E-state index contributed by atoms with van der Waals surface area (Å²) in [6, 6.07) is 0. The van der Waals surface area contributed by atoms with E-state index in [1.807, 2.05) is 0 Å². The highest BCUT2D eigenvalue weighted by Crippen LogP contribution is 2.20. The average molecular weight is 339 g/mol. The van der Waals surface area contributed by atoms with E-state index in [0.717, 1.165) is 0 Å². The second-order valence-corrected chi connectivity index (χ2v) is 5.36. The maximum Gasteiger partial charge on any atom is 0.0786 e. The van der Waals surface area contributed by atoms with Gasteiger partial charge in [-0.2, -0.15) is 0 Å². The van der Waals surface area contributed by atoms with Gasteiger partial charge in [-0.05, 0) is 38.5 Å². The Labute approximate surface area is 120 Å². The summed E-state index contributed by atoms with van der Waals surface area (Å²) in [5, 5.41) is 0. The van der Waals surface area contributed by atoms with Crippen molar-refractivity contribution in [2.75, 3.05) is 26.2 Å². The van der Waals surface area contributed by atoms with Crippen molar-refractivity contribution in [3.8, 4) is 0 Å². The van der Waals surface area contributed by atoms with Crippen LogP contribution in [-0.2, 0) is 0 Å². The molecule has 98 valence electrons. The van der Waals surface area contributed by atoms with Crippen molar-refractivity contribution in [1.29, 1.82) is 0 Å². The highest BCUT2D eigenvalue weighted by atomic mass is 127. The fourth-order valence-corrected chi connectivity index (χ4v) is 2.91. The zero-order chi connectivity index (χ0) is 11.0. The number of halogens is 1. The molecule has 2 heteroatoms. The molecule has 0 saturated carbocycles. The van der Waals surface area contributed by atoms with Crippen LogP contribution >= 0.6 is 0 Å². The molecule has 1 fully saturated rings. The van der Waals surface area contributed by atoms with Gasteiger partial charge in [-0.15, -0.1) is 0 Å². The van der Waals surface area contributed by atoms with Crippen molar-refractivity contribution in [1.82, 2.24) is 0 Å². The second kappa shape index (κ2) is 9.69. The topological polar surface area (TPSA) is 0 Å². The summed E-state index contributed by atoms with van der Waals surface area (Å²) in [5.74, 6) is 0. The summed E-state index contributed by atoms with van der Waals surface area (Å²) in [7, 11) is 0. The molecule has 0 bridgehead atoms. The zero-order valence-electron chi connectivity index (χ0n) is 11.3. The smallest absolute Gasteiger partial charge is 0.0786 e. The van der Waals surface area contributed by atoms with E-state index >= 15 is 0 Å². The first-order chi connectivity index (χ1) is 7.33. The first-order valence-electron chi connectivity index (χ1n) is 7.18. The molecule has 1 saturated heterocycles. The van der Waals surface area contributed by atoms with E-state index < -0.39 is 0 Å². The van der Waals surface area contributed by atoms with Crippen molar-refractivity contribution in [2.45, 2.75) is 65.2 Å². The third kappa shape index (κ3) is 5.85. The molecular weight excluding hydrogens is 309 g/mol. The van der Waals surface area contributed by atoms with E-state index in [-0.39, 0.29) is 24.0 Å². The van der Waals surface area contributed by atoms with Crippen LogP contribution in [0.4, 0.5) is 0 Å². The highest BCUT2D eigenvalue weighted by Gasteiger charge is 2.26. The van der Waals surface area contributed by atoms with Gasteiger partial charge < -0.3 is 28.5 Å². The van der Waals surface area contributed by atoms with E-state index in [0.29, 0.717) is 0 Å². The third-order valence-corrected chi connectivity index (χ3v) is 3.99. The minimum Gasteiger partial charge on any atom is -1.00 e. The van der Waals surface area contributed by atoms with Crippen molar-refractivity contribution in [3.05, 3.63) is 0 Å². The van der Waals surface area contributed by atoms with Gasteiger partial charge in [-0.1, -0.05) is 26.7 Å². The maximum absolute atomic E-state index is 2.33. The molecule has 1 aliphatic rings. The van der Waals surface area contributed by atoms with E-state index in [9.17, 15) is 0 Å². The monoisotopic (exact) mass is 339 g/mol. The summed E-state index contributed by atoms with van der Waals surface area (Å²) in [5.41, 5.74) is 0. The molecule has 0 aromatic carbocycles. The maximum atomic E-state index is 2.33. The Bertz CT molecular complexity index is 141. The Kier molecular flexibility index (Phi) is 10.1. The van der Waals surface area contributed by atoms with Gasteiger partial charge in [0, 0.05) is 0 Å². The Morgan fingerprint density at radius 1 is 0.750 bits per heavy atom. The van der Waals surface area contributed by atoms with Gasteiger partial charge in [0.05, 0.1) is 26.2 Å². The number of likely N-dealkylation sites (tertiary alicyclic amines) is 1. The number of hydrogen-bond donors (Lipinski definition) is 0. The Hall–Kier alpha value is 0.690. The Morgan fingerprint density at radius 3 is 1.56 bits per heavy atom. The molecule has 0 aromatic heterocycles.